The van der Waals surface area contributed by atoms with Gasteiger partial charge in [0, 0.05) is 18.7 Å². The Hall–Kier alpha value is -3.84. The maximum absolute atomic E-state index is 13.2. The number of ether oxygens (including phenoxy) is 2. The van der Waals surface area contributed by atoms with Gasteiger partial charge < -0.3 is 24.4 Å². The first-order valence-electron chi connectivity index (χ1n) is 12.1. The van der Waals surface area contributed by atoms with Gasteiger partial charge in [-0.2, -0.15) is 0 Å². The Morgan fingerprint density at radius 1 is 0.944 bits per heavy atom. The minimum absolute atomic E-state index is 0.0686. The van der Waals surface area contributed by atoms with E-state index < -0.39 is 17.7 Å². The summed E-state index contributed by atoms with van der Waals surface area (Å²) in [4.78, 5) is 30.1. The summed E-state index contributed by atoms with van der Waals surface area (Å²) in [6, 6.07) is 13.2. The van der Waals surface area contributed by atoms with E-state index in [9.17, 15) is 14.7 Å². The van der Waals surface area contributed by atoms with Crippen molar-refractivity contribution in [3.8, 4) is 11.5 Å². The van der Waals surface area contributed by atoms with Crippen LogP contribution in [0.15, 0.2) is 79.4 Å². The molecule has 1 unspecified atom stereocenters. The zero-order valence-electron chi connectivity index (χ0n) is 21.0. The Kier molecular flexibility index (Phi) is 9.47. The van der Waals surface area contributed by atoms with E-state index >= 15 is 0 Å². The molecule has 1 fully saturated rings. The summed E-state index contributed by atoms with van der Waals surface area (Å²) in [5.41, 5.74) is 1.21. The molecule has 0 aliphatic carbocycles. The highest BCUT2D eigenvalue weighted by Crippen LogP contribution is 2.39. The van der Waals surface area contributed by atoms with Gasteiger partial charge in [0.1, 0.15) is 30.5 Å². The SMILES string of the molecule is C=CCOc1ccc(C(O)=C2C(=O)C(=O)N(CCN(CC)CC)C2c2ccc(OCC=C)cc2)cc1. The molecular weight excluding hydrogens is 456 g/mol. The molecule has 1 N–H and O–H groups in total. The number of aliphatic hydroxyl groups is 1. The van der Waals surface area contributed by atoms with Crippen LogP contribution >= 0.6 is 0 Å². The van der Waals surface area contributed by atoms with Gasteiger partial charge in [-0.05, 0) is 55.1 Å². The minimum Gasteiger partial charge on any atom is -0.507 e. The van der Waals surface area contributed by atoms with Crippen LogP contribution in [0, 0.1) is 0 Å². The zero-order chi connectivity index (χ0) is 26.1. The highest BCUT2D eigenvalue weighted by atomic mass is 16.5. The van der Waals surface area contributed by atoms with Crippen molar-refractivity contribution in [2.24, 2.45) is 0 Å². The van der Waals surface area contributed by atoms with Crippen LogP contribution in [0.4, 0.5) is 0 Å². The number of rotatable bonds is 13. The van der Waals surface area contributed by atoms with E-state index in [2.05, 4.69) is 31.9 Å². The Balaban J connectivity index is 2.02. The number of amides is 1. The number of aliphatic hydroxyl groups excluding tert-OH is 1. The van der Waals surface area contributed by atoms with E-state index in [1.807, 2.05) is 12.1 Å². The van der Waals surface area contributed by atoms with E-state index in [1.54, 1.807) is 53.5 Å². The number of Topliss-reactive ketones (excluding diaryl/α,β-unsaturated/α-hetero) is 1. The molecule has 7 heteroatoms. The molecule has 7 nitrogen and oxygen atoms in total. The molecule has 0 spiro atoms. The van der Waals surface area contributed by atoms with Gasteiger partial charge in [-0.15, -0.1) is 0 Å². The standard InChI is InChI=1S/C29H34N2O5/c1-5-19-35-23-13-9-21(10-14-23)26-25(27(32)22-11-15-24(16-12-22)36-20-6-2)28(33)29(34)31(26)18-17-30(7-3)8-4/h5-6,9-16,26,32H,1-2,7-8,17-20H2,3-4H3. The van der Waals surface area contributed by atoms with E-state index in [4.69, 9.17) is 9.47 Å². The van der Waals surface area contributed by atoms with E-state index in [0.29, 0.717) is 48.9 Å². The molecule has 190 valence electrons. The van der Waals surface area contributed by atoms with Gasteiger partial charge in [0.2, 0.25) is 0 Å². The summed E-state index contributed by atoms with van der Waals surface area (Å²) >= 11 is 0. The average Bonchev–Trinajstić information content (AvgIpc) is 3.16. The van der Waals surface area contributed by atoms with Crippen molar-refractivity contribution < 1.29 is 24.2 Å². The fraction of sp³-hybridized carbons (Fsp3) is 0.310. The second-order valence-corrected chi connectivity index (χ2v) is 8.31. The number of nitrogens with zero attached hydrogens (tertiary/aromatic N) is 2. The number of benzene rings is 2. The normalized spacial score (nSPS) is 16.9. The van der Waals surface area contributed by atoms with Gasteiger partial charge in [0.25, 0.3) is 11.7 Å². The van der Waals surface area contributed by atoms with Crippen molar-refractivity contribution >= 4 is 17.4 Å². The molecule has 0 bridgehead atoms. The summed E-state index contributed by atoms with van der Waals surface area (Å²) in [7, 11) is 0. The topological polar surface area (TPSA) is 79.3 Å². The van der Waals surface area contributed by atoms with E-state index in [1.165, 1.54) is 0 Å². The van der Waals surface area contributed by atoms with Gasteiger partial charge in [0.15, 0.2) is 0 Å². The molecule has 0 radical (unpaired) electrons. The van der Waals surface area contributed by atoms with Gasteiger partial charge >= 0.3 is 0 Å². The van der Waals surface area contributed by atoms with Crippen LogP contribution in [0.25, 0.3) is 5.76 Å². The Labute approximate surface area is 212 Å². The van der Waals surface area contributed by atoms with Crippen molar-refractivity contribution in [1.29, 1.82) is 0 Å². The Morgan fingerprint density at radius 2 is 1.47 bits per heavy atom. The molecular formula is C29H34N2O5. The summed E-state index contributed by atoms with van der Waals surface area (Å²) in [5, 5.41) is 11.2. The lowest BCUT2D eigenvalue weighted by Gasteiger charge is -2.28. The third-order valence-corrected chi connectivity index (χ3v) is 6.15. The Bertz CT molecular complexity index is 1100. The number of hydrogen-bond donors (Lipinski definition) is 1. The summed E-state index contributed by atoms with van der Waals surface area (Å²) < 4.78 is 11.1. The van der Waals surface area contributed by atoms with Crippen molar-refractivity contribution in [2.75, 3.05) is 39.4 Å². The number of carbonyl (C=O) groups is 2. The first-order chi connectivity index (χ1) is 17.4. The van der Waals surface area contributed by atoms with Crippen LogP contribution in [0.2, 0.25) is 0 Å². The van der Waals surface area contributed by atoms with Crippen molar-refractivity contribution in [1.82, 2.24) is 9.80 Å². The van der Waals surface area contributed by atoms with Crippen LogP contribution in [-0.2, 0) is 9.59 Å². The van der Waals surface area contributed by atoms with Crippen LogP contribution in [0.5, 0.6) is 11.5 Å². The van der Waals surface area contributed by atoms with Gasteiger partial charge in [-0.3, -0.25) is 9.59 Å². The molecule has 1 aliphatic heterocycles. The monoisotopic (exact) mass is 490 g/mol. The quantitative estimate of drug-likeness (QED) is 0.192. The third-order valence-electron chi connectivity index (χ3n) is 6.15. The van der Waals surface area contributed by atoms with Crippen LogP contribution in [-0.4, -0.2) is 66.0 Å². The van der Waals surface area contributed by atoms with Crippen LogP contribution < -0.4 is 9.47 Å². The van der Waals surface area contributed by atoms with Gasteiger partial charge in [-0.25, -0.2) is 0 Å². The zero-order valence-corrected chi connectivity index (χ0v) is 21.0. The lowest BCUT2D eigenvalue weighted by atomic mass is 9.95. The first-order valence-corrected chi connectivity index (χ1v) is 12.1. The van der Waals surface area contributed by atoms with Gasteiger partial charge in [0.05, 0.1) is 11.6 Å². The average molecular weight is 491 g/mol. The lowest BCUT2D eigenvalue weighted by Crippen LogP contribution is -2.38. The molecule has 1 atom stereocenters. The molecule has 1 aliphatic rings. The smallest absolute Gasteiger partial charge is 0.295 e. The molecule has 0 saturated carbocycles. The Morgan fingerprint density at radius 3 is 1.97 bits per heavy atom. The maximum Gasteiger partial charge on any atom is 0.295 e. The number of likely N-dealkylation sites (tertiary alicyclic amines) is 1. The van der Waals surface area contributed by atoms with Crippen molar-refractivity contribution in [3.05, 3.63) is 90.5 Å². The number of hydrogen-bond acceptors (Lipinski definition) is 6. The van der Waals surface area contributed by atoms with E-state index in [0.717, 1.165) is 13.1 Å². The second-order valence-electron chi connectivity index (χ2n) is 8.31. The largest absolute Gasteiger partial charge is 0.507 e. The third kappa shape index (κ3) is 6.04. The highest BCUT2D eigenvalue weighted by molar-refractivity contribution is 6.46. The maximum atomic E-state index is 13.2. The fourth-order valence-corrected chi connectivity index (χ4v) is 4.17. The van der Waals surface area contributed by atoms with Crippen LogP contribution in [0.3, 0.4) is 0 Å². The molecule has 0 aromatic heterocycles. The summed E-state index contributed by atoms with van der Waals surface area (Å²) in [6.45, 7) is 14.8. The minimum atomic E-state index is -0.717. The summed E-state index contributed by atoms with van der Waals surface area (Å²) in [5.74, 6) is -0.278. The number of carbonyl (C=O) groups excluding carboxylic acids is 2. The molecule has 1 saturated heterocycles. The molecule has 1 heterocycles. The molecule has 36 heavy (non-hydrogen) atoms. The first kappa shape index (κ1) is 26.8. The van der Waals surface area contributed by atoms with Gasteiger partial charge in [-0.1, -0.05) is 51.3 Å². The lowest BCUT2D eigenvalue weighted by molar-refractivity contribution is -0.140. The summed E-state index contributed by atoms with van der Waals surface area (Å²) in [6.07, 6.45) is 3.30. The molecule has 2 aromatic carbocycles. The fourth-order valence-electron chi connectivity index (χ4n) is 4.17. The van der Waals surface area contributed by atoms with E-state index in [-0.39, 0.29) is 11.3 Å². The van der Waals surface area contributed by atoms with Crippen molar-refractivity contribution in [3.63, 3.8) is 0 Å². The number of ketones is 1. The highest BCUT2D eigenvalue weighted by Gasteiger charge is 2.46. The van der Waals surface area contributed by atoms with Crippen LogP contribution in [0.1, 0.15) is 31.0 Å². The predicted octanol–water partition coefficient (Wildman–Crippen LogP) is 4.58. The second kappa shape index (κ2) is 12.7. The number of likely N-dealkylation sites (N-methyl/N-ethyl adjacent to an activating group) is 1. The molecule has 2 aromatic rings. The van der Waals surface area contributed by atoms with Crippen molar-refractivity contribution in [2.45, 2.75) is 19.9 Å². The molecule has 3 rings (SSSR count). The molecule has 1 amide bonds. The predicted molar refractivity (Wildman–Crippen MR) is 141 cm³/mol.